The molecule has 0 amide bonds. The molecule has 0 saturated heterocycles. The van der Waals surface area contributed by atoms with E-state index in [1.165, 1.54) is 22.3 Å². The number of rotatable bonds is 2. The first kappa shape index (κ1) is 11.3. The second kappa shape index (κ2) is 4.45. The van der Waals surface area contributed by atoms with Crippen LogP contribution in [-0.4, -0.2) is 11.0 Å². The molecule has 1 aromatic heterocycles. The Morgan fingerprint density at radius 3 is 2.28 bits per heavy atom. The van der Waals surface area contributed by atoms with E-state index in [1.807, 2.05) is 18.5 Å². The van der Waals surface area contributed by atoms with Crippen LogP contribution in [0.4, 0.5) is 5.69 Å². The van der Waals surface area contributed by atoms with Crippen LogP contribution in [0.25, 0.3) is 0 Å². The zero-order valence-corrected chi connectivity index (χ0v) is 10.9. The molecular weight excluding hydrogens is 220 g/mol. The lowest BCUT2D eigenvalue weighted by molar-refractivity contribution is 0.771. The van der Waals surface area contributed by atoms with Crippen LogP contribution in [0.2, 0.25) is 0 Å². The summed E-state index contributed by atoms with van der Waals surface area (Å²) in [5.74, 6) is 0. The Morgan fingerprint density at radius 1 is 1.06 bits per heavy atom. The summed E-state index contributed by atoms with van der Waals surface area (Å²) in [6, 6.07) is 9.03. The molecule has 92 valence electrons. The summed E-state index contributed by atoms with van der Waals surface area (Å²) in [5, 5.41) is 3.58. The molecule has 0 aliphatic heterocycles. The van der Waals surface area contributed by atoms with Gasteiger partial charge in [0.05, 0.1) is 5.69 Å². The van der Waals surface area contributed by atoms with Gasteiger partial charge >= 0.3 is 0 Å². The molecule has 3 rings (SSSR count). The van der Waals surface area contributed by atoms with E-state index < -0.39 is 0 Å². The second-order valence-corrected chi connectivity index (χ2v) is 5.15. The Bertz CT molecular complexity index is 530. The summed E-state index contributed by atoms with van der Waals surface area (Å²) in [5.41, 5.74) is 7.04. The highest BCUT2D eigenvalue weighted by Crippen LogP contribution is 2.29. The van der Waals surface area contributed by atoms with Gasteiger partial charge in [0.15, 0.2) is 0 Å². The number of aromatic nitrogens is 1. The molecule has 0 saturated carbocycles. The lowest BCUT2D eigenvalue weighted by Crippen LogP contribution is -2.19. The highest BCUT2D eigenvalue weighted by Gasteiger charge is 2.23. The Balaban J connectivity index is 1.81. The van der Waals surface area contributed by atoms with Crippen molar-refractivity contribution in [2.45, 2.75) is 32.7 Å². The molecule has 1 aliphatic carbocycles. The van der Waals surface area contributed by atoms with Gasteiger partial charge in [-0.2, -0.15) is 0 Å². The third kappa shape index (κ3) is 1.99. The first-order valence-corrected chi connectivity index (χ1v) is 6.48. The normalized spacial score (nSPS) is 14.6. The molecule has 1 heterocycles. The average Bonchev–Trinajstić information content (AvgIpc) is 2.80. The predicted molar refractivity (Wildman–Crippen MR) is 75.0 cm³/mol. The number of anilines is 1. The molecule has 1 aliphatic rings. The lowest BCUT2D eigenvalue weighted by Gasteiger charge is -2.12. The summed E-state index contributed by atoms with van der Waals surface area (Å²) in [6.45, 7) is 4.43. The molecule has 0 fully saturated rings. The predicted octanol–water partition coefficient (Wildman–Crippen LogP) is 3.28. The molecular formula is C16H18N2. The molecule has 0 bridgehead atoms. The fourth-order valence-corrected chi connectivity index (χ4v) is 2.85. The molecule has 1 N–H and O–H groups in total. The highest BCUT2D eigenvalue weighted by molar-refractivity contribution is 5.48. The molecule has 18 heavy (non-hydrogen) atoms. The van der Waals surface area contributed by atoms with Crippen molar-refractivity contribution in [3.8, 4) is 0 Å². The number of aryl methyl sites for hydroxylation is 2. The minimum absolute atomic E-state index is 0.504. The number of hydrogen-bond donors (Lipinski definition) is 1. The van der Waals surface area contributed by atoms with Gasteiger partial charge in [0, 0.05) is 18.4 Å². The van der Waals surface area contributed by atoms with Gasteiger partial charge in [0.1, 0.15) is 0 Å². The second-order valence-electron chi connectivity index (χ2n) is 5.15. The first-order chi connectivity index (χ1) is 8.74. The van der Waals surface area contributed by atoms with E-state index in [0.717, 1.165) is 18.5 Å². The maximum Gasteiger partial charge on any atom is 0.0529 e. The molecule has 1 aromatic carbocycles. The standard InChI is InChI=1S/C16H18N2/c1-11-5-6-12(2)16-9-14(8-15(11)16)18-13-4-3-7-17-10-13/h3-7,10,14,18H,8-9H2,1-2H3. The van der Waals surface area contributed by atoms with Gasteiger partial charge in [-0.1, -0.05) is 12.1 Å². The fraction of sp³-hybridized carbons (Fsp3) is 0.312. The van der Waals surface area contributed by atoms with Crippen LogP contribution in [0.1, 0.15) is 22.3 Å². The quantitative estimate of drug-likeness (QED) is 0.868. The van der Waals surface area contributed by atoms with E-state index in [9.17, 15) is 0 Å². The Morgan fingerprint density at radius 2 is 1.72 bits per heavy atom. The van der Waals surface area contributed by atoms with Crippen LogP contribution >= 0.6 is 0 Å². The Kier molecular flexibility index (Phi) is 2.78. The SMILES string of the molecule is Cc1ccc(C)c2c1CC(Nc1cccnc1)C2. The van der Waals surface area contributed by atoms with E-state index in [0.29, 0.717) is 6.04 Å². The van der Waals surface area contributed by atoms with Gasteiger partial charge in [0.2, 0.25) is 0 Å². The monoisotopic (exact) mass is 238 g/mol. The van der Waals surface area contributed by atoms with Crippen LogP contribution in [0.15, 0.2) is 36.7 Å². The van der Waals surface area contributed by atoms with E-state index in [1.54, 1.807) is 0 Å². The number of hydrogen-bond acceptors (Lipinski definition) is 2. The van der Waals surface area contributed by atoms with Gasteiger partial charge in [0.25, 0.3) is 0 Å². The van der Waals surface area contributed by atoms with Crippen LogP contribution in [0.5, 0.6) is 0 Å². The third-order valence-corrected chi connectivity index (χ3v) is 3.83. The zero-order valence-electron chi connectivity index (χ0n) is 10.9. The van der Waals surface area contributed by atoms with Crippen molar-refractivity contribution < 1.29 is 0 Å². The summed E-state index contributed by atoms with van der Waals surface area (Å²) in [7, 11) is 0. The van der Waals surface area contributed by atoms with Crippen molar-refractivity contribution >= 4 is 5.69 Å². The topological polar surface area (TPSA) is 24.9 Å². The van der Waals surface area contributed by atoms with Gasteiger partial charge in [-0.3, -0.25) is 4.98 Å². The number of nitrogens with zero attached hydrogens (tertiary/aromatic N) is 1. The zero-order chi connectivity index (χ0) is 12.5. The summed E-state index contributed by atoms with van der Waals surface area (Å²) in [6.07, 6.45) is 5.95. The molecule has 0 atom stereocenters. The minimum Gasteiger partial charge on any atom is -0.380 e. The first-order valence-electron chi connectivity index (χ1n) is 6.48. The van der Waals surface area contributed by atoms with Gasteiger partial charge in [-0.05, 0) is 61.1 Å². The lowest BCUT2D eigenvalue weighted by atomic mass is 10.0. The third-order valence-electron chi connectivity index (χ3n) is 3.83. The van der Waals surface area contributed by atoms with Crippen LogP contribution < -0.4 is 5.32 Å². The smallest absolute Gasteiger partial charge is 0.0529 e. The molecule has 2 aromatic rings. The number of nitrogens with one attached hydrogen (secondary N) is 1. The highest BCUT2D eigenvalue weighted by atomic mass is 14.9. The minimum atomic E-state index is 0.504. The molecule has 0 spiro atoms. The molecule has 2 heteroatoms. The Hall–Kier alpha value is -1.83. The van der Waals surface area contributed by atoms with Crippen molar-refractivity contribution in [2.75, 3.05) is 5.32 Å². The van der Waals surface area contributed by atoms with Crippen molar-refractivity contribution in [3.63, 3.8) is 0 Å². The van der Waals surface area contributed by atoms with Crippen molar-refractivity contribution in [2.24, 2.45) is 0 Å². The number of fused-ring (bicyclic) bond motifs is 1. The van der Waals surface area contributed by atoms with Gasteiger partial charge in [-0.15, -0.1) is 0 Å². The maximum absolute atomic E-state index is 4.15. The number of benzene rings is 1. The van der Waals surface area contributed by atoms with Crippen molar-refractivity contribution in [3.05, 3.63) is 58.9 Å². The van der Waals surface area contributed by atoms with E-state index in [4.69, 9.17) is 0 Å². The van der Waals surface area contributed by atoms with Gasteiger partial charge < -0.3 is 5.32 Å². The summed E-state index contributed by atoms with van der Waals surface area (Å²) in [4.78, 5) is 4.15. The largest absolute Gasteiger partial charge is 0.380 e. The van der Waals surface area contributed by atoms with Crippen LogP contribution in [0.3, 0.4) is 0 Å². The average molecular weight is 238 g/mol. The number of pyridine rings is 1. The van der Waals surface area contributed by atoms with Gasteiger partial charge in [-0.25, -0.2) is 0 Å². The molecule has 2 nitrogen and oxygen atoms in total. The van der Waals surface area contributed by atoms with Crippen molar-refractivity contribution in [1.82, 2.24) is 4.98 Å². The fourth-order valence-electron chi connectivity index (χ4n) is 2.85. The van der Waals surface area contributed by atoms with E-state index in [-0.39, 0.29) is 0 Å². The molecule has 0 unspecified atom stereocenters. The Labute approximate surface area is 108 Å². The van der Waals surface area contributed by atoms with Crippen LogP contribution in [0, 0.1) is 13.8 Å². The molecule has 0 radical (unpaired) electrons. The summed E-state index contributed by atoms with van der Waals surface area (Å²) < 4.78 is 0. The summed E-state index contributed by atoms with van der Waals surface area (Å²) >= 11 is 0. The maximum atomic E-state index is 4.15. The van der Waals surface area contributed by atoms with E-state index >= 15 is 0 Å². The van der Waals surface area contributed by atoms with E-state index in [2.05, 4.69) is 42.3 Å². The van der Waals surface area contributed by atoms with Crippen LogP contribution in [-0.2, 0) is 12.8 Å². The van der Waals surface area contributed by atoms with Crippen molar-refractivity contribution in [1.29, 1.82) is 0 Å².